The second-order valence-corrected chi connectivity index (χ2v) is 10.3. The first-order valence-corrected chi connectivity index (χ1v) is 10.9. The topological polar surface area (TPSA) is 66.8 Å². The van der Waals surface area contributed by atoms with E-state index in [4.69, 9.17) is 4.74 Å². The van der Waals surface area contributed by atoms with Crippen LogP contribution in [0.25, 0.3) is 0 Å². The Labute approximate surface area is 163 Å². The first kappa shape index (κ1) is 19.4. The number of rotatable bonds is 2. The van der Waals surface area contributed by atoms with Crippen LogP contribution < -0.4 is 0 Å². The monoisotopic (exact) mass is 376 g/mol. The van der Waals surface area contributed by atoms with Crippen molar-refractivity contribution in [3.63, 3.8) is 0 Å². The summed E-state index contributed by atoms with van der Waals surface area (Å²) < 4.78 is 5.05. The van der Waals surface area contributed by atoms with E-state index in [0.717, 1.165) is 51.4 Å². The lowest BCUT2D eigenvalue weighted by atomic mass is 9.44. The van der Waals surface area contributed by atoms with E-state index in [1.165, 1.54) is 12.7 Å². The molecular formula is C23H36O4. The molecule has 0 radical (unpaired) electrons. The normalized spacial score (nSPS) is 50.1. The minimum absolute atomic E-state index is 0.0735. The third kappa shape index (κ3) is 2.51. The van der Waals surface area contributed by atoms with Gasteiger partial charge in [-0.2, -0.15) is 0 Å². The number of carbonyl (C=O) groups excluding carboxylic acids is 1. The Balaban J connectivity index is 1.66. The fourth-order valence-corrected chi connectivity index (χ4v) is 7.86. The Morgan fingerprint density at radius 1 is 1.15 bits per heavy atom. The Kier molecular flexibility index (Phi) is 4.55. The third-order valence-corrected chi connectivity index (χ3v) is 9.53. The van der Waals surface area contributed by atoms with Crippen LogP contribution in [0.2, 0.25) is 0 Å². The van der Waals surface area contributed by atoms with Crippen molar-refractivity contribution in [2.24, 2.45) is 34.5 Å². The minimum Gasteiger partial charge on any atom is -0.469 e. The molecule has 3 fully saturated rings. The van der Waals surface area contributed by atoms with Crippen LogP contribution in [0.15, 0.2) is 11.6 Å². The molecule has 0 bridgehead atoms. The molecule has 0 saturated heterocycles. The smallest absolute Gasteiger partial charge is 0.308 e. The van der Waals surface area contributed by atoms with Crippen molar-refractivity contribution < 1.29 is 19.7 Å². The molecule has 0 aromatic heterocycles. The fourth-order valence-electron chi connectivity index (χ4n) is 7.86. The number of hydrogen-bond acceptors (Lipinski definition) is 4. The SMILES string of the molecule is COC(=O)[C@@H](C)[C@H]1CCC2C3CCC4=CC(O)CC[C@]4(C)[C@@]3(O)CC[C@@]21C. The predicted molar refractivity (Wildman–Crippen MR) is 104 cm³/mol. The van der Waals surface area contributed by atoms with Gasteiger partial charge in [-0.15, -0.1) is 0 Å². The van der Waals surface area contributed by atoms with Gasteiger partial charge < -0.3 is 14.9 Å². The Hall–Kier alpha value is -0.870. The largest absolute Gasteiger partial charge is 0.469 e. The fraction of sp³-hybridized carbons (Fsp3) is 0.870. The van der Waals surface area contributed by atoms with E-state index in [2.05, 4.69) is 13.8 Å². The number of methoxy groups -OCH3 is 1. The quantitative estimate of drug-likeness (QED) is 0.567. The molecule has 152 valence electrons. The zero-order valence-electron chi connectivity index (χ0n) is 17.3. The summed E-state index contributed by atoms with van der Waals surface area (Å²) in [4.78, 5) is 12.2. The molecule has 2 N–H and O–H groups in total. The molecule has 4 aliphatic rings. The summed E-state index contributed by atoms with van der Waals surface area (Å²) in [5, 5.41) is 22.2. The van der Waals surface area contributed by atoms with Gasteiger partial charge in [-0.05, 0) is 74.5 Å². The van der Waals surface area contributed by atoms with Crippen molar-refractivity contribution in [2.75, 3.05) is 7.11 Å². The Bertz CT molecular complexity index is 657. The van der Waals surface area contributed by atoms with Gasteiger partial charge in [0.2, 0.25) is 0 Å². The van der Waals surface area contributed by atoms with Crippen LogP contribution in [0.4, 0.5) is 0 Å². The number of ether oxygens (including phenoxy) is 1. The lowest BCUT2D eigenvalue weighted by Crippen LogP contribution is -2.63. The number of hydrogen-bond donors (Lipinski definition) is 2. The van der Waals surface area contributed by atoms with Crippen molar-refractivity contribution in [1.82, 2.24) is 0 Å². The highest BCUT2D eigenvalue weighted by Crippen LogP contribution is 2.69. The van der Waals surface area contributed by atoms with Crippen LogP contribution in [-0.4, -0.2) is 35.0 Å². The number of aliphatic hydroxyl groups excluding tert-OH is 1. The van der Waals surface area contributed by atoms with Crippen molar-refractivity contribution >= 4 is 5.97 Å². The second kappa shape index (κ2) is 6.32. The molecule has 4 rings (SSSR count). The molecule has 4 heteroatoms. The Morgan fingerprint density at radius 3 is 2.59 bits per heavy atom. The zero-order chi connectivity index (χ0) is 19.6. The standard InChI is InChI=1S/C23H36O4/c1-14(20(25)27-4)17-7-8-18-19-6-5-15-13-16(24)9-10-22(15,3)23(19,26)12-11-21(17,18)2/h13-14,16-19,24,26H,5-12H2,1-4H3/t14-,16?,17+,18?,19?,21+,22-,23+/m0/s1. The first-order chi connectivity index (χ1) is 12.7. The predicted octanol–water partition coefficient (Wildman–Crippen LogP) is 3.85. The summed E-state index contributed by atoms with van der Waals surface area (Å²) >= 11 is 0. The summed E-state index contributed by atoms with van der Waals surface area (Å²) in [6.07, 6.45) is 9.24. The molecule has 0 aromatic rings. The summed E-state index contributed by atoms with van der Waals surface area (Å²) in [5.41, 5.74) is 0.505. The molecular weight excluding hydrogens is 340 g/mol. The van der Waals surface area contributed by atoms with E-state index in [1.54, 1.807) is 0 Å². The summed E-state index contributed by atoms with van der Waals surface area (Å²) in [7, 11) is 1.49. The van der Waals surface area contributed by atoms with E-state index in [1.807, 2.05) is 13.0 Å². The lowest BCUT2D eigenvalue weighted by Gasteiger charge is -2.63. The minimum atomic E-state index is -0.676. The molecule has 0 amide bonds. The number of carbonyl (C=O) groups is 1. The van der Waals surface area contributed by atoms with Crippen LogP contribution in [0.5, 0.6) is 0 Å². The summed E-state index contributed by atoms with van der Waals surface area (Å²) in [5.74, 6) is 0.944. The highest BCUT2D eigenvalue weighted by Gasteiger charge is 2.66. The summed E-state index contributed by atoms with van der Waals surface area (Å²) in [6, 6.07) is 0. The molecule has 4 nitrogen and oxygen atoms in total. The molecule has 0 aromatic carbocycles. The van der Waals surface area contributed by atoms with Crippen LogP contribution in [0.3, 0.4) is 0 Å². The highest BCUT2D eigenvalue weighted by molar-refractivity contribution is 5.72. The molecule has 27 heavy (non-hydrogen) atoms. The van der Waals surface area contributed by atoms with Crippen molar-refractivity contribution in [3.8, 4) is 0 Å². The van der Waals surface area contributed by atoms with Crippen molar-refractivity contribution in [2.45, 2.75) is 83.8 Å². The van der Waals surface area contributed by atoms with Gasteiger partial charge in [-0.1, -0.05) is 32.4 Å². The number of aliphatic hydroxyl groups is 2. The third-order valence-electron chi connectivity index (χ3n) is 9.53. The van der Waals surface area contributed by atoms with E-state index in [9.17, 15) is 15.0 Å². The van der Waals surface area contributed by atoms with E-state index >= 15 is 0 Å². The highest BCUT2D eigenvalue weighted by atomic mass is 16.5. The zero-order valence-corrected chi connectivity index (χ0v) is 17.3. The lowest BCUT2D eigenvalue weighted by molar-refractivity contribution is -0.196. The molecule has 4 aliphatic carbocycles. The molecule has 3 unspecified atom stereocenters. The first-order valence-electron chi connectivity index (χ1n) is 10.9. The maximum Gasteiger partial charge on any atom is 0.308 e. The van der Waals surface area contributed by atoms with Crippen LogP contribution in [-0.2, 0) is 9.53 Å². The average molecular weight is 377 g/mol. The van der Waals surface area contributed by atoms with Crippen LogP contribution in [0, 0.1) is 34.5 Å². The molecule has 8 atom stereocenters. The van der Waals surface area contributed by atoms with Crippen LogP contribution in [0.1, 0.15) is 72.1 Å². The molecule has 3 saturated carbocycles. The Morgan fingerprint density at radius 2 is 1.89 bits per heavy atom. The van der Waals surface area contributed by atoms with Gasteiger partial charge in [-0.25, -0.2) is 0 Å². The maximum absolute atomic E-state index is 12.2. The van der Waals surface area contributed by atoms with Crippen LogP contribution >= 0.6 is 0 Å². The van der Waals surface area contributed by atoms with Crippen molar-refractivity contribution in [1.29, 1.82) is 0 Å². The number of esters is 1. The second-order valence-electron chi connectivity index (χ2n) is 10.3. The number of fused-ring (bicyclic) bond motifs is 5. The summed E-state index contributed by atoms with van der Waals surface area (Å²) in [6.45, 7) is 6.63. The van der Waals surface area contributed by atoms with E-state index in [-0.39, 0.29) is 28.8 Å². The average Bonchev–Trinajstić information content (AvgIpc) is 2.99. The van der Waals surface area contributed by atoms with Gasteiger partial charge in [0.1, 0.15) is 0 Å². The van der Waals surface area contributed by atoms with Gasteiger partial charge in [0.05, 0.1) is 24.7 Å². The van der Waals surface area contributed by atoms with Gasteiger partial charge in [0, 0.05) is 5.41 Å². The molecule has 0 spiro atoms. The van der Waals surface area contributed by atoms with Gasteiger partial charge in [0.25, 0.3) is 0 Å². The van der Waals surface area contributed by atoms with E-state index in [0.29, 0.717) is 17.8 Å². The van der Waals surface area contributed by atoms with Crippen molar-refractivity contribution in [3.05, 3.63) is 11.6 Å². The van der Waals surface area contributed by atoms with Gasteiger partial charge in [0.15, 0.2) is 0 Å². The molecule has 0 heterocycles. The van der Waals surface area contributed by atoms with Gasteiger partial charge >= 0.3 is 5.97 Å². The molecule has 0 aliphatic heterocycles. The van der Waals surface area contributed by atoms with Gasteiger partial charge in [-0.3, -0.25) is 4.79 Å². The maximum atomic E-state index is 12.2. The van der Waals surface area contributed by atoms with E-state index < -0.39 is 5.60 Å².